The number of aryl methyl sites for hydroxylation is 1. The number of methoxy groups -OCH3 is 1. The molecule has 16 nitrogen and oxygen atoms in total. The minimum atomic E-state index is -1.74. The Morgan fingerprint density at radius 3 is 2.37 bits per heavy atom. The van der Waals surface area contributed by atoms with Crippen molar-refractivity contribution in [3.8, 4) is 11.3 Å². The largest absolute Gasteiger partial charge is 0.457 e. The van der Waals surface area contributed by atoms with Crippen LogP contribution in [0.4, 0.5) is 4.79 Å². The number of hydrogen-bond donors (Lipinski definition) is 2. The van der Waals surface area contributed by atoms with E-state index in [1.165, 1.54) is 14.0 Å². The van der Waals surface area contributed by atoms with Crippen molar-refractivity contribution in [2.24, 2.45) is 29.4 Å². The van der Waals surface area contributed by atoms with Crippen LogP contribution in [0.2, 0.25) is 0 Å². The van der Waals surface area contributed by atoms with E-state index in [2.05, 4.69) is 9.97 Å². The molecule has 2 aliphatic heterocycles. The molecule has 16 heteroatoms. The van der Waals surface area contributed by atoms with Gasteiger partial charge in [-0.2, -0.15) is 0 Å². The number of amides is 1. The number of likely N-dealkylation sites (N-methyl/N-ethyl adjacent to an activating group) is 1. The molecule has 330 valence electrons. The number of nitrogens with zero attached hydrogens (tertiary/aromatic N) is 4. The van der Waals surface area contributed by atoms with Crippen molar-refractivity contribution in [2.75, 3.05) is 27.8 Å². The first kappa shape index (κ1) is 47.9. The molecule has 0 aromatic carbocycles. The zero-order valence-corrected chi connectivity index (χ0v) is 36.7. The van der Waals surface area contributed by atoms with Gasteiger partial charge in [-0.05, 0) is 86.0 Å². The summed E-state index contributed by atoms with van der Waals surface area (Å²) in [5.74, 6) is -5.55. The molecule has 2 fully saturated rings. The van der Waals surface area contributed by atoms with Gasteiger partial charge >= 0.3 is 12.1 Å². The molecule has 59 heavy (non-hydrogen) atoms. The summed E-state index contributed by atoms with van der Waals surface area (Å²) < 4.78 is 39.3. The van der Waals surface area contributed by atoms with Crippen molar-refractivity contribution in [2.45, 2.75) is 148 Å². The quantitative estimate of drug-likeness (QED) is 0.161. The van der Waals surface area contributed by atoms with E-state index in [0.29, 0.717) is 25.8 Å². The van der Waals surface area contributed by atoms with Crippen LogP contribution in [-0.2, 0) is 49.3 Å². The van der Waals surface area contributed by atoms with E-state index < -0.39 is 83.4 Å². The molecule has 0 aliphatic carbocycles. The van der Waals surface area contributed by atoms with Gasteiger partial charge in [-0.15, -0.1) is 0 Å². The lowest BCUT2D eigenvalue weighted by Gasteiger charge is -2.47. The predicted molar refractivity (Wildman–Crippen MR) is 218 cm³/mol. The maximum atomic E-state index is 14.7. The second-order valence-electron chi connectivity index (χ2n) is 17.0. The van der Waals surface area contributed by atoms with Gasteiger partial charge in [0.15, 0.2) is 17.7 Å². The Bertz CT molecular complexity index is 1710. The molecular weight excluding hydrogens is 762 g/mol. The van der Waals surface area contributed by atoms with E-state index >= 15 is 0 Å². The molecule has 2 aliphatic rings. The van der Waals surface area contributed by atoms with Crippen LogP contribution in [0.5, 0.6) is 0 Å². The minimum absolute atomic E-state index is 0.0759. The Labute approximate surface area is 348 Å². The summed E-state index contributed by atoms with van der Waals surface area (Å²) in [7, 11) is 5.19. The molecular formula is C43H67N5O11. The van der Waals surface area contributed by atoms with Gasteiger partial charge in [0.2, 0.25) is 0 Å². The van der Waals surface area contributed by atoms with Crippen LogP contribution >= 0.6 is 0 Å². The number of nitrogens with two attached hydrogens (primary N) is 1. The van der Waals surface area contributed by atoms with Crippen LogP contribution in [0, 0.1) is 23.7 Å². The number of esters is 1. The van der Waals surface area contributed by atoms with Crippen LogP contribution < -0.4 is 5.73 Å². The lowest BCUT2D eigenvalue weighted by molar-refractivity contribution is -0.295. The Morgan fingerprint density at radius 2 is 1.76 bits per heavy atom. The van der Waals surface area contributed by atoms with Gasteiger partial charge in [0.05, 0.1) is 29.8 Å². The summed E-state index contributed by atoms with van der Waals surface area (Å²) >= 11 is 0. The molecule has 2 saturated heterocycles. The highest BCUT2D eigenvalue weighted by atomic mass is 16.7. The van der Waals surface area contributed by atoms with Crippen molar-refractivity contribution in [3.05, 3.63) is 37.1 Å². The first-order valence-electron chi connectivity index (χ1n) is 20.8. The van der Waals surface area contributed by atoms with Crippen LogP contribution in [0.3, 0.4) is 0 Å². The average molecular weight is 830 g/mol. The van der Waals surface area contributed by atoms with E-state index in [4.69, 9.17) is 34.2 Å². The summed E-state index contributed by atoms with van der Waals surface area (Å²) in [6.45, 7) is 14.2. The maximum absolute atomic E-state index is 14.7. The highest BCUT2D eigenvalue weighted by Gasteiger charge is 2.54. The van der Waals surface area contributed by atoms with Crippen molar-refractivity contribution in [1.29, 1.82) is 0 Å². The Balaban J connectivity index is 1.66. The number of aliphatic hydroxyl groups excluding tert-OH is 1. The zero-order chi connectivity index (χ0) is 43.8. The molecule has 4 heterocycles. The highest BCUT2D eigenvalue weighted by molar-refractivity contribution is 6.00. The number of rotatable bonds is 13. The second-order valence-corrected chi connectivity index (χ2v) is 17.0. The molecule has 0 radical (unpaired) electrons. The summed E-state index contributed by atoms with van der Waals surface area (Å²) in [5, 5.41) is 11.4. The third-order valence-corrected chi connectivity index (χ3v) is 12.3. The number of Topliss-reactive ketones (excluding diaryl/α,β-unsaturated/α-hetero) is 2. The van der Waals surface area contributed by atoms with Gasteiger partial charge in [-0.25, -0.2) is 9.78 Å². The number of aromatic nitrogens is 3. The molecule has 13 atom stereocenters. The average Bonchev–Trinajstić information content (AvgIpc) is 3.68. The molecule has 1 unspecified atom stereocenters. The minimum Gasteiger partial charge on any atom is -0.457 e. The number of ether oxygens (including phenoxy) is 6. The Kier molecular flexibility index (Phi) is 16.8. The van der Waals surface area contributed by atoms with Crippen LogP contribution in [0.25, 0.3) is 11.3 Å². The topological polar surface area (TPSA) is 204 Å². The number of aliphatic hydroxyl groups is 1. The van der Waals surface area contributed by atoms with Crippen molar-refractivity contribution in [1.82, 2.24) is 19.4 Å². The van der Waals surface area contributed by atoms with Crippen molar-refractivity contribution < 1.29 is 52.7 Å². The molecule has 0 saturated carbocycles. The number of ketones is 2. The lowest BCUT2D eigenvalue weighted by atomic mass is 9.74. The monoisotopic (exact) mass is 829 g/mol. The predicted octanol–water partition coefficient (Wildman–Crippen LogP) is 4.59. The number of hydrogen-bond acceptors (Lipinski definition) is 14. The van der Waals surface area contributed by atoms with E-state index in [1.807, 2.05) is 48.8 Å². The number of carbonyl (C=O) groups excluding carboxylic acids is 4. The smallest absolute Gasteiger partial charge is 0.405 e. The second kappa shape index (κ2) is 20.6. The number of unbranched alkanes of at least 4 members (excludes halogenated alkanes) is 1. The van der Waals surface area contributed by atoms with Gasteiger partial charge in [-0.1, -0.05) is 27.7 Å². The van der Waals surface area contributed by atoms with Gasteiger partial charge in [0, 0.05) is 68.2 Å². The number of cyclic esters (lactones) is 1. The zero-order valence-electron chi connectivity index (χ0n) is 36.7. The molecule has 4 rings (SSSR count). The van der Waals surface area contributed by atoms with Gasteiger partial charge < -0.3 is 48.7 Å². The summed E-state index contributed by atoms with van der Waals surface area (Å²) in [6, 6.07) is 3.49. The van der Waals surface area contributed by atoms with Gasteiger partial charge in [-0.3, -0.25) is 19.4 Å². The third kappa shape index (κ3) is 11.3. The van der Waals surface area contributed by atoms with Crippen molar-refractivity contribution >= 4 is 23.6 Å². The SMILES string of the molecule is CC[C@H]1OC(=O)[C@H](C)C(=O)[C@H](C)[C@@H](O[C@@H]2O[C@H](C)C[C@H](N(C)C)[C@H]2O)[C@@](C)(OC)C[C@@H](C)C(=O)[C@H](C)C(OCCCCn2cnc(-c3cccnc3)c2)[C@]1(C)OC(N)=O. The summed E-state index contributed by atoms with van der Waals surface area (Å²) in [4.78, 5) is 66.1. The van der Waals surface area contributed by atoms with E-state index in [0.717, 1.165) is 11.3 Å². The Hall–Kier alpha value is -3.80. The standard InChI is InChI=1S/C43H67N5O11/c1-12-33-43(8,59-41(44)53)38(55-19-14-13-18-48-23-31(46-24-48)30-16-15-17-45-22-30)27(4)34(49)25(2)21-42(7,54-11)37(28(5)35(50)29(6)39(52)57-33)58-40-36(51)32(47(9)10)20-26(3)56-40/h15-17,22-29,32-33,36-38,40,51H,12-14,18-21H2,1-11H3,(H2,44,53)/t25-,26-,27+,28+,29-,32+,33-,36-,37-,38?,40+,42+,43-/m1/s1. The molecule has 0 spiro atoms. The van der Waals surface area contributed by atoms with Crippen LogP contribution in [-0.4, -0.2) is 130 Å². The normalized spacial score (nSPS) is 35.3. The molecule has 2 aromatic heterocycles. The fraction of sp³-hybridized carbons (Fsp3) is 0.721. The number of imidazole rings is 1. The highest BCUT2D eigenvalue weighted by Crippen LogP contribution is 2.40. The van der Waals surface area contributed by atoms with Crippen LogP contribution in [0.15, 0.2) is 37.1 Å². The fourth-order valence-corrected chi connectivity index (χ4v) is 8.80. The molecule has 1 amide bonds. The maximum Gasteiger partial charge on any atom is 0.405 e. The number of pyridine rings is 1. The summed E-state index contributed by atoms with van der Waals surface area (Å²) in [6.07, 6.45) is 2.17. The van der Waals surface area contributed by atoms with Crippen molar-refractivity contribution in [3.63, 3.8) is 0 Å². The van der Waals surface area contributed by atoms with E-state index in [-0.39, 0.29) is 37.4 Å². The first-order valence-corrected chi connectivity index (χ1v) is 20.8. The number of primary amides is 1. The van der Waals surface area contributed by atoms with Gasteiger partial charge in [0.1, 0.15) is 30.0 Å². The third-order valence-electron chi connectivity index (χ3n) is 12.3. The van der Waals surface area contributed by atoms with Crippen LogP contribution in [0.1, 0.15) is 87.5 Å². The van der Waals surface area contributed by atoms with Gasteiger partial charge in [0.25, 0.3) is 0 Å². The lowest BCUT2D eigenvalue weighted by Crippen LogP contribution is -2.61. The fourth-order valence-electron chi connectivity index (χ4n) is 8.80. The molecule has 3 N–H and O–H groups in total. The number of carbonyl (C=O) groups is 4. The van der Waals surface area contributed by atoms with E-state index in [9.17, 15) is 24.3 Å². The van der Waals surface area contributed by atoms with E-state index in [1.54, 1.807) is 60.3 Å². The molecule has 0 bridgehead atoms. The molecule has 2 aromatic rings. The summed E-state index contributed by atoms with van der Waals surface area (Å²) in [5.41, 5.74) is 4.32. The first-order chi connectivity index (χ1) is 27.8. The Morgan fingerprint density at radius 1 is 1.07 bits per heavy atom.